The first kappa shape index (κ1) is 14.4. The number of para-hydroxylation sites is 1. The van der Waals surface area contributed by atoms with Gasteiger partial charge in [-0.3, -0.25) is 0 Å². The SMILES string of the molecule is CC[C@@H](O)c1ccccc1N(C)CC1CCCCO1. The lowest BCUT2D eigenvalue weighted by molar-refractivity contribution is 0.0215. The van der Waals surface area contributed by atoms with Crippen LogP contribution in [0.2, 0.25) is 0 Å². The minimum absolute atomic E-state index is 0.325. The van der Waals surface area contributed by atoms with Crippen molar-refractivity contribution in [1.29, 1.82) is 0 Å². The lowest BCUT2D eigenvalue weighted by Gasteiger charge is -2.30. The summed E-state index contributed by atoms with van der Waals surface area (Å²) >= 11 is 0. The third-order valence-electron chi connectivity index (χ3n) is 3.85. The van der Waals surface area contributed by atoms with Gasteiger partial charge in [-0.1, -0.05) is 25.1 Å². The van der Waals surface area contributed by atoms with Crippen molar-refractivity contribution in [3.05, 3.63) is 29.8 Å². The molecule has 1 aliphatic heterocycles. The molecule has 3 nitrogen and oxygen atoms in total. The van der Waals surface area contributed by atoms with Gasteiger partial charge in [0.25, 0.3) is 0 Å². The van der Waals surface area contributed by atoms with Gasteiger partial charge in [0.2, 0.25) is 0 Å². The molecular weight excluding hydrogens is 238 g/mol. The molecule has 106 valence electrons. The lowest BCUT2D eigenvalue weighted by Crippen LogP contribution is -2.33. The number of aliphatic hydroxyl groups is 1. The third kappa shape index (κ3) is 3.71. The highest BCUT2D eigenvalue weighted by atomic mass is 16.5. The summed E-state index contributed by atoms with van der Waals surface area (Å²) in [6.07, 6.45) is 4.27. The number of anilines is 1. The topological polar surface area (TPSA) is 32.7 Å². The zero-order chi connectivity index (χ0) is 13.7. The van der Waals surface area contributed by atoms with Gasteiger partial charge in [-0.15, -0.1) is 0 Å². The second kappa shape index (κ2) is 6.92. The average molecular weight is 263 g/mol. The second-order valence-corrected chi connectivity index (χ2v) is 5.35. The Morgan fingerprint density at radius 1 is 1.37 bits per heavy atom. The van der Waals surface area contributed by atoms with Crippen LogP contribution in [0.3, 0.4) is 0 Å². The van der Waals surface area contributed by atoms with Crippen LogP contribution in [-0.2, 0) is 4.74 Å². The highest BCUT2D eigenvalue weighted by molar-refractivity contribution is 5.54. The zero-order valence-electron chi connectivity index (χ0n) is 12.0. The molecule has 1 aromatic carbocycles. The number of ether oxygens (including phenoxy) is 1. The van der Waals surface area contributed by atoms with Crippen molar-refractivity contribution in [3.8, 4) is 0 Å². The van der Waals surface area contributed by atoms with Gasteiger partial charge in [0, 0.05) is 31.5 Å². The van der Waals surface area contributed by atoms with E-state index in [-0.39, 0.29) is 6.10 Å². The molecule has 19 heavy (non-hydrogen) atoms. The standard InChI is InChI=1S/C16H25NO2/c1-3-16(18)14-9-4-5-10-15(14)17(2)12-13-8-6-7-11-19-13/h4-5,9-10,13,16,18H,3,6-8,11-12H2,1-2H3/t13?,16-/m1/s1. The molecule has 1 N–H and O–H groups in total. The van der Waals surface area contributed by atoms with E-state index < -0.39 is 0 Å². The number of aliphatic hydroxyl groups excluding tert-OH is 1. The summed E-state index contributed by atoms with van der Waals surface area (Å²) in [5.41, 5.74) is 2.13. The fraction of sp³-hybridized carbons (Fsp3) is 0.625. The van der Waals surface area contributed by atoms with E-state index in [1.807, 2.05) is 25.1 Å². The molecule has 1 fully saturated rings. The van der Waals surface area contributed by atoms with E-state index in [9.17, 15) is 5.11 Å². The fourth-order valence-electron chi connectivity index (χ4n) is 2.69. The maximum absolute atomic E-state index is 10.1. The smallest absolute Gasteiger partial charge is 0.0807 e. The van der Waals surface area contributed by atoms with Crippen LogP contribution in [0, 0.1) is 0 Å². The van der Waals surface area contributed by atoms with Crippen LogP contribution in [0.25, 0.3) is 0 Å². The van der Waals surface area contributed by atoms with Crippen LogP contribution >= 0.6 is 0 Å². The first-order valence-electron chi connectivity index (χ1n) is 7.32. The monoisotopic (exact) mass is 263 g/mol. The molecule has 0 bridgehead atoms. The molecule has 0 saturated carbocycles. The van der Waals surface area contributed by atoms with Gasteiger partial charge in [-0.2, -0.15) is 0 Å². The molecule has 1 unspecified atom stereocenters. The van der Waals surface area contributed by atoms with Crippen LogP contribution in [-0.4, -0.2) is 31.4 Å². The molecule has 1 saturated heterocycles. The average Bonchev–Trinajstić information content (AvgIpc) is 2.47. The summed E-state index contributed by atoms with van der Waals surface area (Å²) in [7, 11) is 2.08. The largest absolute Gasteiger partial charge is 0.388 e. The van der Waals surface area contributed by atoms with Gasteiger partial charge < -0.3 is 14.7 Å². The van der Waals surface area contributed by atoms with Crippen LogP contribution in [0.5, 0.6) is 0 Å². The first-order valence-corrected chi connectivity index (χ1v) is 7.32. The fourth-order valence-corrected chi connectivity index (χ4v) is 2.69. The predicted molar refractivity (Wildman–Crippen MR) is 78.6 cm³/mol. The van der Waals surface area contributed by atoms with Crippen LogP contribution < -0.4 is 4.90 Å². The molecule has 0 aliphatic carbocycles. The Morgan fingerprint density at radius 3 is 2.84 bits per heavy atom. The summed E-state index contributed by atoms with van der Waals surface area (Å²) in [5.74, 6) is 0. The van der Waals surface area contributed by atoms with Gasteiger partial charge in [-0.05, 0) is 31.7 Å². The maximum Gasteiger partial charge on any atom is 0.0807 e. The van der Waals surface area contributed by atoms with Crippen LogP contribution in [0.4, 0.5) is 5.69 Å². The molecule has 0 radical (unpaired) electrons. The number of likely N-dealkylation sites (N-methyl/N-ethyl adjacent to an activating group) is 1. The van der Waals surface area contributed by atoms with Gasteiger partial charge >= 0.3 is 0 Å². The summed E-state index contributed by atoms with van der Waals surface area (Å²) < 4.78 is 5.79. The van der Waals surface area contributed by atoms with E-state index in [1.165, 1.54) is 12.8 Å². The van der Waals surface area contributed by atoms with Crippen molar-refractivity contribution in [2.45, 2.75) is 44.8 Å². The predicted octanol–water partition coefficient (Wildman–Crippen LogP) is 3.14. The third-order valence-corrected chi connectivity index (χ3v) is 3.85. The maximum atomic E-state index is 10.1. The van der Waals surface area contributed by atoms with Crippen LogP contribution in [0.15, 0.2) is 24.3 Å². The highest BCUT2D eigenvalue weighted by Gasteiger charge is 2.19. The van der Waals surface area contributed by atoms with Crippen molar-refractivity contribution in [2.24, 2.45) is 0 Å². The zero-order valence-corrected chi connectivity index (χ0v) is 12.0. The van der Waals surface area contributed by atoms with Crippen molar-refractivity contribution in [3.63, 3.8) is 0 Å². The minimum Gasteiger partial charge on any atom is -0.388 e. The Morgan fingerprint density at radius 2 is 2.16 bits per heavy atom. The molecule has 2 atom stereocenters. The molecule has 0 aromatic heterocycles. The van der Waals surface area contributed by atoms with Crippen molar-refractivity contribution >= 4 is 5.69 Å². The Hall–Kier alpha value is -1.06. The number of rotatable bonds is 5. The van der Waals surface area contributed by atoms with Gasteiger partial charge in [0.05, 0.1) is 12.2 Å². The molecule has 1 heterocycles. The molecule has 1 aliphatic rings. The van der Waals surface area contributed by atoms with Crippen molar-refractivity contribution in [2.75, 3.05) is 25.1 Å². The Labute approximate surface area is 116 Å². The quantitative estimate of drug-likeness (QED) is 0.886. The molecule has 0 amide bonds. The summed E-state index contributed by atoms with van der Waals surface area (Å²) in [5, 5.41) is 10.1. The lowest BCUT2D eigenvalue weighted by atomic mass is 10.0. The van der Waals surface area contributed by atoms with Crippen LogP contribution in [0.1, 0.15) is 44.3 Å². The van der Waals surface area contributed by atoms with Gasteiger partial charge in [0.1, 0.15) is 0 Å². The summed E-state index contributed by atoms with van der Waals surface area (Å²) in [4.78, 5) is 2.21. The number of nitrogens with zero attached hydrogens (tertiary/aromatic N) is 1. The van der Waals surface area contributed by atoms with E-state index >= 15 is 0 Å². The minimum atomic E-state index is -0.383. The van der Waals surface area contributed by atoms with Gasteiger partial charge in [0.15, 0.2) is 0 Å². The van der Waals surface area contributed by atoms with E-state index in [2.05, 4.69) is 18.0 Å². The van der Waals surface area contributed by atoms with E-state index in [0.29, 0.717) is 6.10 Å². The van der Waals surface area contributed by atoms with E-state index in [1.54, 1.807) is 0 Å². The van der Waals surface area contributed by atoms with Crippen molar-refractivity contribution < 1.29 is 9.84 Å². The summed E-state index contributed by atoms with van der Waals surface area (Å²) in [6.45, 7) is 3.79. The molecule has 1 aromatic rings. The Bertz CT molecular complexity index is 388. The summed E-state index contributed by atoms with van der Waals surface area (Å²) in [6, 6.07) is 8.11. The first-order chi connectivity index (χ1) is 9.22. The Balaban J connectivity index is 2.07. The molecule has 2 rings (SSSR count). The van der Waals surface area contributed by atoms with E-state index in [0.717, 1.165) is 37.2 Å². The molecule has 3 heteroatoms. The number of hydrogen-bond donors (Lipinski definition) is 1. The molecule has 0 spiro atoms. The number of hydrogen-bond acceptors (Lipinski definition) is 3. The highest BCUT2D eigenvalue weighted by Crippen LogP contribution is 2.28. The molecular formula is C16H25NO2. The number of benzene rings is 1. The Kier molecular flexibility index (Phi) is 5.23. The van der Waals surface area contributed by atoms with E-state index in [4.69, 9.17) is 4.74 Å². The second-order valence-electron chi connectivity index (χ2n) is 5.35. The normalized spacial score (nSPS) is 21.1. The van der Waals surface area contributed by atoms with Gasteiger partial charge in [-0.25, -0.2) is 0 Å². The van der Waals surface area contributed by atoms with Crippen molar-refractivity contribution in [1.82, 2.24) is 0 Å².